The number of hydrogen-bond donors (Lipinski definition) is 1. The Morgan fingerprint density at radius 1 is 1.21 bits per heavy atom. The summed E-state index contributed by atoms with van der Waals surface area (Å²) in [5.41, 5.74) is 6.08. The molecule has 1 atom stereocenters. The highest BCUT2D eigenvalue weighted by Gasteiger charge is 2.32. The highest BCUT2D eigenvalue weighted by Crippen LogP contribution is 2.38. The third-order valence-corrected chi connectivity index (χ3v) is 4.93. The molecule has 3 nitrogen and oxygen atoms in total. The molecule has 0 bridgehead atoms. The Morgan fingerprint density at radius 2 is 2.00 bits per heavy atom. The smallest absolute Gasteiger partial charge is 0.133 e. The SMILES string of the molecule is NCC1(CC(=O)CCCC2CCCO2)CCCCC1. The molecule has 1 aliphatic carbocycles. The zero-order valence-corrected chi connectivity index (χ0v) is 12.2. The molecule has 1 unspecified atom stereocenters. The van der Waals surface area contributed by atoms with E-state index in [1.54, 1.807) is 0 Å². The Kier molecular flexibility index (Phi) is 5.83. The summed E-state index contributed by atoms with van der Waals surface area (Å²) in [6.07, 6.45) is 12.4. The van der Waals surface area contributed by atoms with Crippen LogP contribution < -0.4 is 5.73 Å². The fourth-order valence-corrected chi connectivity index (χ4v) is 3.66. The van der Waals surface area contributed by atoms with Crippen LogP contribution >= 0.6 is 0 Å². The minimum absolute atomic E-state index is 0.138. The molecular weight excluding hydrogens is 238 g/mol. The van der Waals surface area contributed by atoms with E-state index in [1.165, 1.54) is 32.1 Å². The van der Waals surface area contributed by atoms with Crippen LogP contribution in [-0.2, 0) is 9.53 Å². The van der Waals surface area contributed by atoms with Crippen molar-refractivity contribution in [3.8, 4) is 0 Å². The molecule has 19 heavy (non-hydrogen) atoms. The van der Waals surface area contributed by atoms with Crippen LogP contribution in [0.5, 0.6) is 0 Å². The van der Waals surface area contributed by atoms with Gasteiger partial charge < -0.3 is 10.5 Å². The Labute approximate surface area is 117 Å². The van der Waals surface area contributed by atoms with Crippen LogP contribution in [0, 0.1) is 5.41 Å². The molecule has 1 heterocycles. The van der Waals surface area contributed by atoms with Crippen molar-refractivity contribution >= 4 is 5.78 Å². The van der Waals surface area contributed by atoms with E-state index in [0.29, 0.717) is 18.4 Å². The first-order valence-corrected chi connectivity index (χ1v) is 8.07. The van der Waals surface area contributed by atoms with Gasteiger partial charge in [0.15, 0.2) is 0 Å². The van der Waals surface area contributed by atoms with Crippen LogP contribution in [0.4, 0.5) is 0 Å². The number of ether oxygens (including phenoxy) is 1. The Balaban J connectivity index is 1.67. The quantitative estimate of drug-likeness (QED) is 0.770. The molecule has 0 aromatic rings. The number of carbonyl (C=O) groups excluding carboxylic acids is 1. The number of nitrogens with two attached hydrogens (primary N) is 1. The van der Waals surface area contributed by atoms with Gasteiger partial charge in [0.1, 0.15) is 5.78 Å². The van der Waals surface area contributed by atoms with Crippen LogP contribution in [-0.4, -0.2) is 25.0 Å². The largest absolute Gasteiger partial charge is 0.378 e. The Bertz CT molecular complexity index is 278. The fourth-order valence-electron chi connectivity index (χ4n) is 3.66. The second kappa shape index (κ2) is 7.39. The molecule has 0 aromatic heterocycles. The minimum atomic E-state index is 0.138. The number of Topliss-reactive ketones (excluding diaryl/α,β-unsaturated/α-hetero) is 1. The lowest BCUT2D eigenvalue weighted by molar-refractivity contribution is -0.122. The van der Waals surface area contributed by atoms with Crippen molar-refractivity contribution in [2.24, 2.45) is 11.1 Å². The maximum atomic E-state index is 12.2. The fraction of sp³-hybridized carbons (Fsp3) is 0.938. The van der Waals surface area contributed by atoms with Gasteiger partial charge in [-0.3, -0.25) is 4.79 Å². The maximum Gasteiger partial charge on any atom is 0.133 e. The molecule has 1 saturated carbocycles. The monoisotopic (exact) mass is 267 g/mol. The zero-order chi connectivity index (χ0) is 13.6. The van der Waals surface area contributed by atoms with Gasteiger partial charge >= 0.3 is 0 Å². The first-order chi connectivity index (χ1) is 9.24. The Hall–Kier alpha value is -0.410. The summed E-state index contributed by atoms with van der Waals surface area (Å²) in [6.45, 7) is 1.60. The number of rotatable bonds is 7. The molecular formula is C16H29NO2. The van der Waals surface area contributed by atoms with E-state index in [2.05, 4.69) is 0 Å². The second-order valence-electron chi connectivity index (χ2n) is 6.51. The van der Waals surface area contributed by atoms with Crippen molar-refractivity contribution in [3.05, 3.63) is 0 Å². The summed E-state index contributed by atoms with van der Waals surface area (Å²) < 4.78 is 5.59. The lowest BCUT2D eigenvalue weighted by Crippen LogP contribution is -2.35. The van der Waals surface area contributed by atoms with Crippen LogP contribution in [0.15, 0.2) is 0 Å². The predicted molar refractivity (Wildman–Crippen MR) is 77.0 cm³/mol. The van der Waals surface area contributed by atoms with Crippen molar-refractivity contribution < 1.29 is 9.53 Å². The molecule has 2 fully saturated rings. The van der Waals surface area contributed by atoms with Crippen molar-refractivity contribution in [1.82, 2.24) is 0 Å². The first kappa shape index (κ1) is 15.0. The molecule has 3 heteroatoms. The molecule has 0 aromatic carbocycles. The molecule has 1 aliphatic heterocycles. The Morgan fingerprint density at radius 3 is 2.63 bits per heavy atom. The highest BCUT2D eigenvalue weighted by atomic mass is 16.5. The van der Waals surface area contributed by atoms with E-state index < -0.39 is 0 Å². The number of hydrogen-bond acceptors (Lipinski definition) is 3. The predicted octanol–water partition coefficient (Wildman–Crippen LogP) is 3.20. The summed E-state index contributed by atoms with van der Waals surface area (Å²) in [4.78, 5) is 12.2. The summed E-state index contributed by atoms with van der Waals surface area (Å²) >= 11 is 0. The molecule has 0 amide bonds. The molecule has 0 radical (unpaired) electrons. The number of ketones is 1. The van der Waals surface area contributed by atoms with Gasteiger partial charge in [0, 0.05) is 19.4 Å². The standard InChI is InChI=1S/C16H29NO2/c17-13-16(9-2-1-3-10-16)12-14(18)6-4-7-15-8-5-11-19-15/h15H,1-13,17H2. The lowest BCUT2D eigenvalue weighted by atomic mass is 9.70. The maximum absolute atomic E-state index is 12.2. The van der Waals surface area contributed by atoms with E-state index in [-0.39, 0.29) is 5.41 Å². The van der Waals surface area contributed by atoms with Crippen molar-refractivity contribution in [3.63, 3.8) is 0 Å². The van der Waals surface area contributed by atoms with Gasteiger partial charge in [0.05, 0.1) is 6.10 Å². The molecule has 2 rings (SSSR count). The minimum Gasteiger partial charge on any atom is -0.378 e. The van der Waals surface area contributed by atoms with Gasteiger partial charge in [0.25, 0.3) is 0 Å². The average Bonchev–Trinajstić information content (AvgIpc) is 2.93. The van der Waals surface area contributed by atoms with Crippen molar-refractivity contribution in [2.45, 2.75) is 76.7 Å². The molecule has 2 N–H and O–H groups in total. The zero-order valence-electron chi connectivity index (χ0n) is 12.2. The average molecular weight is 267 g/mol. The van der Waals surface area contributed by atoms with E-state index in [9.17, 15) is 4.79 Å². The summed E-state index contributed by atoms with van der Waals surface area (Å²) in [5.74, 6) is 0.422. The summed E-state index contributed by atoms with van der Waals surface area (Å²) in [6, 6.07) is 0. The van der Waals surface area contributed by atoms with Crippen molar-refractivity contribution in [2.75, 3.05) is 13.2 Å². The molecule has 110 valence electrons. The third kappa shape index (κ3) is 4.57. The van der Waals surface area contributed by atoms with E-state index in [0.717, 1.165) is 45.1 Å². The second-order valence-corrected chi connectivity index (χ2v) is 6.51. The normalized spacial score (nSPS) is 26.5. The lowest BCUT2D eigenvalue weighted by Gasteiger charge is -2.35. The van der Waals surface area contributed by atoms with Gasteiger partial charge in [-0.25, -0.2) is 0 Å². The van der Waals surface area contributed by atoms with E-state index in [1.807, 2.05) is 0 Å². The first-order valence-electron chi connectivity index (χ1n) is 8.07. The van der Waals surface area contributed by atoms with Crippen LogP contribution in [0.3, 0.4) is 0 Å². The topological polar surface area (TPSA) is 52.3 Å². The summed E-state index contributed by atoms with van der Waals surface area (Å²) in [7, 11) is 0. The van der Waals surface area contributed by atoms with Crippen LogP contribution in [0.2, 0.25) is 0 Å². The summed E-state index contributed by atoms with van der Waals surface area (Å²) in [5, 5.41) is 0. The van der Waals surface area contributed by atoms with Gasteiger partial charge in [-0.05, 0) is 50.5 Å². The van der Waals surface area contributed by atoms with Gasteiger partial charge in [-0.1, -0.05) is 19.3 Å². The highest BCUT2D eigenvalue weighted by molar-refractivity contribution is 5.79. The van der Waals surface area contributed by atoms with Crippen molar-refractivity contribution in [1.29, 1.82) is 0 Å². The number of carbonyl (C=O) groups is 1. The van der Waals surface area contributed by atoms with Crippen LogP contribution in [0.1, 0.15) is 70.6 Å². The van der Waals surface area contributed by atoms with E-state index >= 15 is 0 Å². The van der Waals surface area contributed by atoms with Crippen LogP contribution in [0.25, 0.3) is 0 Å². The van der Waals surface area contributed by atoms with Gasteiger partial charge in [0.2, 0.25) is 0 Å². The third-order valence-electron chi connectivity index (χ3n) is 4.93. The van der Waals surface area contributed by atoms with Gasteiger partial charge in [-0.2, -0.15) is 0 Å². The van der Waals surface area contributed by atoms with E-state index in [4.69, 9.17) is 10.5 Å². The molecule has 0 spiro atoms. The van der Waals surface area contributed by atoms with Gasteiger partial charge in [-0.15, -0.1) is 0 Å². The molecule has 1 saturated heterocycles. The molecule has 2 aliphatic rings.